The lowest BCUT2D eigenvalue weighted by atomic mass is 10.1. The average molecular weight is 339 g/mol. The molecule has 25 heavy (non-hydrogen) atoms. The molecule has 0 radical (unpaired) electrons. The van der Waals surface area contributed by atoms with E-state index in [0.29, 0.717) is 6.54 Å². The molecule has 1 aliphatic rings. The van der Waals surface area contributed by atoms with Crippen LogP contribution in [0, 0.1) is 13.8 Å². The van der Waals surface area contributed by atoms with Crippen molar-refractivity contribution in [2.24, 2.45) is 0 Å². The van der Waals surface area contributed by atoms with Crippen LogP contribution in [-0.2, 0) is 6.54 Å². The van der Waals surface area contributed by atoms with Gasteiger partial charge in [0.1, 0.15) is 0 Å². The number of anilines is 2. The highest BCUT2D eigenvalue weighted by Crippen LogP contribution is 2.17. The molecule has 2 amide bonds. The van der Waals surface area contributed by atoms with Crippen molar-refractivity contribution in [1.82, 2.24) is 15.3 Å². The SMILES string of the molecule is Cc1cc(CNC(=O)Nc2ccccc2C)nc(N2CCCCC2)n1. The number of amides is 2. The zero-order valence-electron chi connectivity index (χ0n) is 14.9. The maximum atomic E-state index is 12.1. The van der Waals surface area contributed by atoms with Crippen molar-refractivity contribution in [2.75, 3.05) is 23.3 Å². The lowest BCUT2D eigenvalue weighted by Crippen LogP contribution is -2.32. The first-order valence-electron chi connectivity index (χ1n) is 8.82. The third-order valence-electron chi connectivity index (χ3n) is 4.36. The maximum absolute atomic E-state index is 12.1. The average Bonchev–Trinajstić information content (AvgIpc) is 2.62. The standard InChI is InChI=1S/C19H25N5O/c1-14-8-4-5-9-17(14)23-19(25)20-13-16-12-15(2)21-18(22-16)24-10-6-3-7-11-24/h4-5,8-9,12H,3,6-7,10-11,13H2,1-2H3,(H2,20,23,25). The highest BCUT2D eigenvalue weighted by Gasteiger charge is 2.15. The lowest BCUT2D eigenvalue weighted by molar-refractivity contribution is 0.251. The largest absolute Gasteiger partial charge is 0.341 e. The van der Waals surface area contributed by atoms with Gasteiger partial charge in [0.05, 0.1) is 12.2 Å². The summed E-state index contributed by atoms with van der Waals surface area (Å²) < 4.78 is 0. The number of rotatable bonds is 4. The topological polar surface area (TPSA) is 70.2 Å². The number of aromatic nitrogens is 2. The van der Waals surface area contributed by atoms with Crippen LogP contribution in [0.1, 0.15) is 36.2 Å². The third-order valence-corrected chi connectivity index (χ3v) is 4.36. The first kappa shape index (κ1) is 17.2. The quantitative estimate of drug-likeness (QED) is 0.895. The Bertz CT molecular complexity index is 740. The smallest absolute Gasteiger partial charge is 0.319 e. The summed E-state index contributed by atoms with van der Waals surface area (Å²) in [6.45, 7) is 6.32. The molecule has 1 aromatic carbocycles. The number of piperidine rings is 1. The van der Waals surface area contributed by atoms with Crippen molar-refractivity contribution < 1.29 is 4.79 Å². The summed E-state index contributed by atoms with van der Waals surface area (Å²) >= 11 is 0. The van der Waals surface area contributed by atoms with Gasteiger partial charge in [0.25, 0.3) is 0 Å². The van der Waals surface area contributed by atoms with Crippen LogP contribution in [0.25, 0.3) is 0 Å². The predicted octanol–water partition coefficient (Wildman–Crippen LogP) is 3.41. The van der Waals surface area contributed by atoms with E-state index in [4.69, 9.17) is 0 Å². The van der Waals surface area contributed by atoms with Gasteiger partial charge in [-0.05, 0) is 50.8 Å². The van der Waals surface area contributed by atoms with Gasteiger partial charge in [-0.25, -0.2) is 14.8 Å². The fraction of sp³-hybridized carbons (Fsp3) is 0.421. The Balaban J connectivity index is 1.61. The molecule has 3 rings (SSSR count). The normalized spacial score (nSPS) is 14.2. The van der Waals surface area contributed by atoms with Crippen molar-refractivity contribution in [2.45, 2.75) is 39.7 Å². The molecule has 6 nitrogen and oxygen atoms in total. The second-order valence-corrected chi connectivity index (χ2v) is 6.47. The summed E-state index contributed by atoms with van der Waals surface area (Å²) in [7, 11) is 0. The van der Waals surface area contributed by atoms with E-state index in [1.807, 2.05) is 44.2 Å². The summed E-state index contributed by atoms with van der Waals surface area (Å²) in [5.74, 6) is 0.774. The Morgan fingerprint density at radius 3 is 2.64 bits per heavy atom. The van der Waals surface area contributed by atoms with Gasteiger partial charge in [0, 0.05) is 24.5 Å². The number of hydrogen-bond acceptors (Lipinski definition) is 4. The van der Waals surface area contributed by atoms with Crippen LogP contribution < -0.4 is 15.5 Å². The third kappa shape index (κ3) is 4.68. The number of urea groups is 1. The number of nitrogens with zero attached hydrogens (tertiary/aromatic N) is 3. The lowest BCUT2D eigenvalue weighted by Gasteiger charge is -2.27. The number of carbonyl (C=O) groups is 1. The van der Waals surface area contributed by atoms with Crippen LogP contribution in [0.5, 0.6) is 0 Å². The molecule has 2 heterocycles. The van der Waals surface area contributed by atoms with E-state index in [0.717, 1.165) is 41.7 Å². The van der Waals surface area contributed by atoms with Crippen LogP contribution in [-0.4, -0.2) is 29.1 Å². The molecule has 0 aliphatic carbocycles. The second kappa shape index (κ2) is 7.96. The Hall–Kier alpha value is -2.63. The summed E-state index contributed by atoms with van der Waals surface area (Å²) in [4.78, 5) is 23.5. The number of benzene rings is 1. The molecule has 0 saturated carbocycles. The van der Waals surface area contributed by atoms with E-state index in [9.17, 15) is 4.79 Å². The first-order valence-corrected chi connectivity index (χ1v) is 8.82. The Morgan fingerprint density at radius 1 is 1.12 bits per heavy atom. The minimum atomic E-state index is -0.231. The molecule has 0 bridgehead atoms. The molecular formula is C19H25N5O. The molecule has 1 saturated heterocycles. The van der Waals surface area contributed by atoms with Gasteiger partial charge in [0.2, 0.25) is 5.95 Å². The second-order valence-electron chi connectivity index (χ2n) is 6.47. The molecule has 0 spiro atoms. The van der Waals surface area contributed by atoms with Crippen molar-refractivity contribution in [1.29, 1.82) is 0 Å². The molecule has 0 unspecified atom stereocenters. The molecule has 132 valence electrons. The number of carbonyl (C=O) groups excluding carboxylic acids is 1. The molecule has 1 aromatic heterocycles. The summed E-state index contributed by atoms with van der Waals surface area (Å²) in [6, 6.07) is 9.39. The molecule has 1 fully saturated rings. The van der Waals surface area contributed by atoms with Gasteiger partial charge in [-0.2, -0.15) is 0 Å². The minimum absolute atomic E-state index is 0.231. The van der Waals surface area contributed by atoms with Crippen LogP contribution in [0.3, 0.4) is 0 Å². The highest BCUT2D eigenvalue weighted by molar-refractivity contribution is 5.89. The maximum Gasteiger partial charge on any atom is 0.319 e. The van der Waals surface area contributed by atoms with Gasteiger partial charge in [-0.3, -0.25) is 0 Å². The van der Waals surface area contributed by atoms with Crippen molar-refractivity contribution in [3.63, 3.8) is 0 Å². The number of aryl methyl sites for hydroxylation is 2. The number of para-hydroxylation sites is 1. The van der Waals surface area contributed by atoms with Crippen molar-refractivity contribution >= 4 is 17.7 Å². The number of hydrogen-bond donors (Lipinski definition) is 2. The molecule has 6 heteroatoms. The van der Waals surface area contributed by atoms with Gasteiger partial charge >= 0.3 is 6.03 Å². The van der Waals surface area contributed by atoms with E-state index >= 15 is 0 Å². The van der Waals surface area contributed by atoms with Crippen LogP contribution in [0.2, 0.25) is 0 Å². The Morgan fingerprint density at radius 2 is 1.88 bits per heavy atom. The van der Waals surface area contributed by atoms with E-state index < -0.39 is 0 Å². The van der Waals surface area contributed by atoms with E-state index in [2.05, 4.69) is 25.5 Å². The zero-order chi connectivity index (χ0) is 17.6. The van der Waals surface area contributed by atoms with Gasteiger partial charge in [-0.15, -0.1) is 0 Å². The van der Waals surface area contributed by atoms with Gasteiger partial charge < -0.3 is 15.5 Å². The van der Waals surface area contributed by atoms with E-state index in [-0.39, 0.29) is 6.03 Å². The summed E-state index contributed by atoms with van der Waals surface area (Å²) in [5.41, 5.74) is 3.59. The molecular weight excluding hydrogens is 314 g/mol. The predicted molar refractivity (Wildman–Crippen MR) is 99.9 cm³/mol. The summed E-state index contributed by atoms with van der Waals surface area (Å²) in [5, 5.41) is 5.74. The van der Waals surface area contributed by atoms with Gasteiger partial charge in [-0.1, -0.05) is 18.2 Å². The molecule has 2 aromatic rings. The number of nitrogens with one attached hydrogen (secondary N) is 2. The van der Waals surface area contributed by atoms with E-state index in [1.165, 1.54) is 19.3 Å². The zero-order valence-corrected chi connectivity index (χ0v) is 14.9. The van der Waals surface area contributed by atoms with Crippen molar-refractivity contribution in [3.8, 4) is 0 Å². The highest BCUT2D eigenvalue weighted by atomic mass is 16.2. The first-order chi connectivity index (χ1) is 12.1. The van der Waals surface area contributed by atoms with Crippen LogP contribution >= 0.6 is 0 Å². The molecule has 2 N–H and O–H groups in total. The molecule has 1 aliphatic heterocycles. The van der Waals surface area contributed by atoms with Crippen LogP contribution in [0.4, 0.5) is 16.4 Å². The van der Waals surface area contributed by atoms with Crippen LogP contribution in [0.15, 0.2) is 30.3 Å². The monoisotopic (exact) mass is 339 g/mol. The van der Waals surface area contributed by atoms with Gasteiger partial charge in [0.15, 0.2) is 0 Å². The summed E-state index contributed by atoms with van der Waals surface area (Å²) in [6.07, 6.45) is 3.64. The van der Waals surface area contributed by atoms with Crippen molar-refractivity contribution in [3.05, 3.63) is 47.3 Å². The molecule has 0 atom stereocenters. The fourth-order valence-corrected chi connectivity index (χ4v) is 2.99. The minimum Gasteiger partial charge on any atom is -0.341 e. The Labute approximate surface area is 148 Å². The van der Waals surface area contributed by atoms with E-state index in [1.54, 1.807) is 0 Å². The Kier molecular flexibility index (Phi) is 5.48. The fourth-order valence-electron chi connectivity index (χ4n) is 2.99.